The molecule has 2 aromatic rings. The molecule has 1 aromatic carbocycles. The highest BCUT2D eigenvalue weighted by molar-refractivity contribution is 6.32. The van der Waals surface area contributed by atoms with Crippen molar-refractivity contribution in [3.63, 3.8) is 0 Å². The number of amides is 1. The summed E-state index contributed by atoms with van der Waals surface area (Å²) in [5.41, 5.74) is 1.88. The van der Waals surface area contributed by atoms with Gasteiger partial charge in [0.2, 0.25) is 5.91 Å². The minimum Gasteiger partial charge on any atom is -0.492 e. The SMILES string of the molecule is CC(=O)Nc1cc(-c2ccc(OCCCC(C)C)c(Cl)c2)ccn1. The Morgan fingerprint density at radius 1 is 1.25 bits per heavy atom. The molecule has 2 rings (SSSR count). The summed E-state index contributed by atoms with van der Waals surface area (Å²) in [4.78, 5) is 15.3. The van der Waals surface area contributed by atoms with Crippen molar-refractivity contribution in [2.45, 2.75) is 33.6 Å². The summed E-state index contributed by atoms with van der Waals surface area (Å²) in [5, 5.41) is 3.26. The second-order valence-electron chi connectivity index (χ2n) is 6.14. The highest BCUT2D eigenvalue weighted by Gasteiger charge is 2.07. The average Bonchev–Trinajstić information content (AvgIpc) is 2.52. The summed E-state index contributed by atoms with van der Waals surface area (Å²) in [6, 6.07) is 9.39. The van der Waals surface area contributed by atoms with E-state index in [-0.39, 0.29) is 5.91 Å². The van der Waals surface area contributed by atoms with Crippen LogP contribution in [-0.4, -0.2) is 17.5 Å². The minimum atomic E-state index is -0.150. The smallest absolute Gasteiger partial charge is 0.222 e. The van der Waals surface area contributed by atoms with Crippen molar-refractivity contribution in [2.75, 3.05) is 11.9 Å². The van der Waals surface area contributed by atoms with Crippen molar-refractivity contribution < 1.29 is 9.53 Å². The van der Waals surface area contributed by atoms with E-state index < -0.39 is 0 Å². The first-order valence-electron chi connectivity index (χ1n) is 8.12. The second kappa shape index (κ2) is 8.69. The van der Waals surface area contributed by atoms with E-state index in [1.807, 2.05) is 30.3 Å². The van der Waals surface area contributed by atoms with Gasteiger partial charge in [-0.05, 0) is 54.2 Å². The Balaban J connectivity index is 2.07. The monoisotopic (exact) mass is 346 g/mol. The second-order valence-corrected chi connectivity index (χ2v) is 6.55. The highest BCUT2D eigenvalue weighted by atomic mass is 35.5. The van der Waals surface area contributed by atoms with E-state index in [0.29, 0.717) is 29.1 Å². The Morgan fingerprint density at radius 3 is 2.67 bits per heavy atom. The van der Waals surface area contributed by atoms with Crippen LogP contribution >= 0.6 is 11.6 Å². The molecule has 0 saturated carbocycles. The zero-order valence-electron chi connectivity index (χ0n) is 14.3. The number of hydrogen-bond donors (Lipinski definition) is 1. The molecule has 4 nitrogen and oxygen atoms in total. The lowest BCUT2D eigenvalue weighted by atomic mass is 10.1. The maximum absolute atomic E-state index is 11.1. The standard InChI is InChI=1S/C19H23ClN2O2/c1-13(2)5-4-10-24-18-7-6-15(11-17(18)20)16-8-9-21-19(12-16)22-14(3)23/h6-9,11-13H,4-5,10H2,1-3H3,(H,21,22,23). The van der Waals surface area contributed by atoms with E-state index in [9.17, 15) is 4.79 Å². The summed E-state index contributed by atoms with van der Waals surface area (Å²) in [6.45, 7) is 6.52. The molecule has 24 heavy (non-hydrogen) atoms. The lowest BCUT2D eigenvalue weighted by Crippen LogP contribution is -2.07. The molecule has 0 bridgehead atoms. The third-order valence-corrected chi connectivity index (χ3v) is 3.81. The van der Waals surface area contributed by atoms with Gasteiger partial charge < -0.3 is 10.1 Å². The van der Waals surface area contributed by atoms with E-state index in [2.05, 4.69) is 24.1 Å². The number of carbonyl (C=O) groups excluding carboxylic acids is 1. The number of rotatable bonds is 7. The van der Waals surface area contributed by atoms with Gasteiger partial charge in [-0.2, -0.15) is 0 Å². The van der Waals surface area contributed by atoms with Crippen molar-refractivity contribution in [1.29, 1.82) is 0 Å². The predicted molar refractivity (Wildman–Crippen MR) is 98.6 cm³/mol. The number of nitrogens with zero attached hydrogens (tertiary/aromatic N) is 1. The molecule has 0 atom stereocenters. The Hall–Kier alpha value is -2.07. The molecule has 0 unspecified atom stereocenters. The van der Waals surface area contributed by atoms with Crippen molar-refractivity contribution in [1.82, 2.24) is 4.98 Å². The lowest BCUT2D eigenvalue weighted by Gasteiger charge is -2.11. The van der Waals surface area contributed by atoms with Gasteiger partial charge in [0.25, 0.3) is 0 Å². The quantitative estimate of drug-likeness (QED) is 0.703. The van der Waals surface area contributed by atoms with Crippen molar-refractivity contribution in [3.05, 3.63) is 41.6 Å². The fourth-order valence-electron chi connectivity index (χ4n) is 2.33. The van der Waals surface area contributed by atoms with Gasteiger partial charge in [0.15, 0.2) is 0 Å². The molecular weight excluding hydrogens is 324 g/mol. The largest absolute Gasteiger partial charge is 0.492 e. The van der Waals surface area contributed by atoms with Crippen LogP contribution in [0.4, 0.5) is 5.82 Å². The third kappa shape index (κ3) is 5.53. The first kappa shape index (κ1) is 18.3. The van der Waals surface area contributed by atoms with Crippen LogP contribution in [0.5, 0.6) is 5.75 Å². The molecule has 1 N–H and O–H groups in total. The van der Waals surface area contributed by atoms with Gasteiger partial charge in [-0.1, -0.05) is 31.5 Å². The van der Waals surface area contributed by atoms with Crippen LogP contribution < -0.4 is 10.1 Å². The predicted octanol–water partition coefficient (Wildman–Crippen LogP) is 5.18. The fraction of sp³-hybridized carbons (Fsp3) is 0.368. The Bertz CT molecular complexity index is 702. The molecule has 0 radical (unpaired) electrons. The van der Waals surface area contributed by atoms with E-state index in [1.54, 1.807) is 6.20 Å². The maximum atomic E-state index is 11.1. The minimum absolute atomic E-state index is 0.150. The van der Waals surface area contributed by atoms with E-state index >= 15 is 0 Å². The van der Waals surface area contributed by atoms with E-state index in [0.717, 1.165) is 24.0 Å². The number of carbonyl (C=O) groups is 1. The third-order valence-electron chi connectivity index (χ3n) is 3.51. The van der Waals surface area contributed by atoms with Crippen molar-refractivity contribution in [2.24, 2.45) is 5.92 Å². The highest BCUT2D eigenvalue weighted by Crippen LogP contribution is 2.31. The van der Waals surface area contributed by atoms with Gasteiger partial charge in [-0.25, -0.2) is 4.98 Å². The van der Waals surface area contributed by atoms with Crippen molar-refractivity contribution in [3.8, 4) is 16.9 Å². The zero-order chi connectivity index (χ0) is 17.5. The molecule has 0 aliphatic rings. The van der Waals surface area contributed by atoms with Gasteiger partial charge in [-0.3, -0.25) is 4.79 Å². The number of nitrogens with one attached hydrogen (secondary N) is 1. The number of benzene rings is 1. The fourth-order valence-corrected chi connectivity index (χ4v) is 2.57. The number of pyridine rings is 1. The van der Waals surface area contributed by atoms with Crippen LogP contribution in [0.1, 0.15) is 33.6 Å². The Morgan fingerprint density at radius 2 is 2.00 bits per heavy atom. The molecule has 0 saturated heterocycles. The summed E-state index contributed by atoms with van der Waals surface area (Å²) in [6.07, 6.45) is 3.81. The number of anilines is 1. The normalized spacial score (nSPS) is 10.7. The van der Waals surface area contributed by atoms with Gasteiger partial charge >= 0.3 is 0 Å². The first-order chi connectivity index (χ1) is 11.5. The molecule has 1 amide bonds. The molecule has 0 spiro atoms. The summed E-state index contributed by atoms with van der Waals surface area (Å²) < 4.78 is 5.75. The van der Waals surface area contributed by atoms with Crippen LogP contribution in [0.3, 0.4) is 0 Å². The number of aromatic nitrogens is 1. The van der Waals surface area contributed by atoms with Crippen LogP contribution in [-0.2, 0) is 4.79 Å². The first-order valence-corrected chi connectivity index (χ1v) is 8.50. The Labute approximate surface area is 148 Å². The molecule has 0 aliphatic carbocycles. The summed E-state index contributed by atoms with van der Waals surface area (Å²) in [7, 11) is 0. The molecule has 0 aliphatic heterocycles. The van der Waals surface area contributed by atoms with Crippen molar-refractivity contribution >= 4 is 23.3 Å². The van der Waals surface area contributed by atoms with Crippen LogP contribution in [0, 0.1) is 5.92 Å². The number of hydrogen-bond acceptors (Lipinski definition) is 3. The molecule has 1 aromatic heterocycles. The van der Waals surface area contributed by atoms with Gasteiger partial charge in [0, 0.05) is 13.1 Å². The zero-order valence-corrected chi connectivity index (χ0v) is 15.1. The van der Waals surface area contributed by atoms with Crippen LogP contribution in [0.15, 0.2) is 36.5 Å². The van der Waals surface area contributed by atoms with Crippen LogP contribution in [0.25, 0.3) is 11.1 Å². The molecule has 128 valence electrons. The van der Waals surface area contributed by atoms with Gasteiger partial charge in [0.1, 0.15) is 11.6 Å². The Kier molecular flexibility index (Phi) is 6.62. The lowest BCUT2D eigenvalue weighted by molar-refractivity contribution is -0.114. The van der Waals surface area contributed by atoms with Gasteiger partial charge in [0.05, 0.1) is 11.6 Å². The summed E-state index contributed by atoms with van der Waals surface area (Å²) in [5.74, 6) is 1.74. The van der Waals surface area contributed by atoms with E-state index in [1.165, 1.54) is 6.92 Å². The summed E-state index contributed by atoms with van der Waals surface area (Å²) >= 11 is 6.33. The van der Waals surface area contributed by atoms with Crippen LogP contribution in [0.2, 0.25) is 5.02 Å². The molecule has 0 fully saturated rings. The number of halogens is 1. The molecule has 5 heteroatoms. The van der Waals surface area contributed by atoms with Gasteiger partial charge in [-0.15, -0.1) is 0 Å². The topological polar surface area (TPSA) is 51.2 Å². The molecular formula is C19H23ClN2O2. The van der Waals surface area contributed by atoms with E-state index in [4.69, 9.17) is 16.3 Å². The molecule has 1 heterocycles. The maximum Gasteiger partial charge on any atom is 0.222 e. The number of ether oxygens (including phenoxy) is 1. The average molecular weight is 347 g/mol.